The monoisotopic (exact) mass is 307 g/mol. The topological polar surface area (TPSA) is 12.0 Å². The predicted molar refractivity (Wildman–Crippen MR) is 82.7 cm³/mol. The summed E-state index contributed by atoms with van der Waals surface area (Å²) in [5.74, 6) is 0.594. The summed E-state index contributed by atoms with van der Waals surface area (Å²) in [6.45, 7) is 7.68. The number of aryl methyl sites for hydroxylation is 1. The average Bonchev–Trinajstić information content (AvgIpc) is 3.12. The van der Waals surface area contributed by atoms with E-state index in [2.05, 4.69) is 66.3 Å². The largest absolute Gasteiger partial charge is 0.310 e. The van der Waals surface area contributed by atoms with Gasteiger partial charge in [0.2, 0.25) is 0 Å². The number of halogens is 1. The van der Waals surface area contributed by atoms with Gasteiger partial charge in [0.1, 0.15) is 0 Å². The standard InChI is InChI=1S/C16H22BrN/c1-11(2)14(10-18-15-6-7-15)8-13-5-4-12(3)16(17)9-13/h4-5,8-9,11,15,18H,6-7,10H2,1-3H3/b14-8+. The summed E-state index contributed by atoms with van der Waals surface area (Å²) in [5.41, 5.74) is 4.06. The van der Waals surface area contributed by atoms with Gasteiger partial charge in [0.25, 0.3) is 0 Å². The van der Waals surface area contributed by atoms with E-state index in [1.807, 2.05) is 0 Å². The molecule has 1 aromatic carbocycles. The Bertz CT molecular complexity index is 444. The van der Waals surface area contributed by atoms with Gasteiger partial charge in [0.05, 0.1) is 0 Å². The van der Waals surface area contributed by atoms with E-state index in [1.54, 1.807) is 0 Å². The lowest BCUT2D eigenvalue weighted by molar-refractivity contribution is 0.662. The van der Waals surface area contributed by atoms with Gasteiger partial charge in [-0.2, -0.15) is 0 Å². The second kappa shape index (κ2) is 6.03. The summed E-state index contributed by atoms with van der Waals surface area (Å²) < 4.78 is 1.19. The maximum Gasteiger partial charge on any atom is 0.0210 e. The Balaban J connectivity index is 2.11. The third-order valence-corrected chi connectivity index (χ3v) is 4.32. The minimum absolute atomic E-state index is 0.594. The van der Waals surface area contributed by atoms with E-state index in [9.17, 15) is 0 Å². The summed E-state index contributed by atoms with van der Waals surface area (Å²) in [5, 5.41) is 3.60. The molecule has 1 nitrogen and oxygen atoms in total. The molecule has 0 saturated heterocycles. The van der Waals surface area contributed by atoms with Crippen LogP contribution in [0, 0.1) is 12.8 Å². The number of hydrogen-bond donors (Lipinski definition) is 1. The smallest absolute Gasteiger partial charge is 0.0210 e. The summed E-state index contributed by atoms with van der Waals surface area (Å²) in [7, 11) is 0. The highest BCUT2D eigenvalue weighted by atomic mass is 79.9. The molecule has 0 radical (unpaired) electrons. The molecule has 1 fully saturated rings. The van der Waals surface area contributed by atoms with Crippen molar-refractivity contribution in [2.75, 3.05) is 6.54 Å². The van der Waals surface area contributed by atoms with Crippen molar-refractivity contribution in [1.82, 2.24) is 5.32 Å². The van der Waals surface area contributed by atoms with Crippen molar-refractivity contribution in [2.45, 2.75) is 39.7 Å². The molecule has 0 aromatic heterocycles. The molecule has 1 aromatic rings. The maximum atomic E-state index is 3.60. The highest BCUT2D eigenvalue weighted by Gasteiger charge is 2.20. The van der Waals surface area contributed by atoms with Crippen molar-refractivity contribution in [3.63, 3.8) is 0 Å². The van der Waals surface area contributed by atoms with Crippen molar-refractivity contribution in [1.29, 1.82) is 0 Å². The summed E-state index contributed by atoms with van der Waals surface area (Å²) >= 11 is 3.60. The van der Waals surface area contributed by atoms with Crippen LogP contribution in [-0.2, 0) is 0 Å². The number of rotatable bonds is 5. The fourth-order valence-corrected chi connectivity index (χ4v) is 2.28. The van der Waals surface area contributed by atoms with Gasteiger partial charge in [-0.1, -0.05) is 53.6 Å². The van der Waals surface area contributed by atoms with Crippen LogP contribution < -0.4 is 5.32 Å². The quantitative estimate of drug-likeness (QED) is 0.841. The summed E-state index contributed by atoms with van der Waals surface area (Å²) in [6, 6.07) is 7.34. The van der Waals surface area contributed by atoms with Crippen LogP contribution in [0.2, 0.25) is 0 Å². The Morgan fingerprint density at radius 3 is 2.72 bits per heavy atom. The zero-order valence-electron chi connectivity index (χ0n) is 11.5. The number of nitrogens with one attached hydrogen (secondary N) is 1. The lowest BCUT2D eigenvalue weighted by Crippen LogP contribution is -2.21. The lowest BCUT2D eigenvalue weighted by Gasteiger charge is -2.13. The fourth-order valence-electron chi connectivity index (χ4n) is 1.88. The summed E-state index contributed by atoms with van der Waals surface area (Å²) in [6.07, 6.45) is 5.02. The molecular formula is C16H22BrN. The van der Waals surface area contributed by atoms with Crippen molar-refractivity contribution < 1.29 is 0 Å². The SMILES string of the molecule is Cc1ccc(/C=C(\CNC2CC2)C(C)C)cc1Br. The van der Waals surface area contributed by atoms with Crippen molar-refractivity contribution in [2.24, 2.45) is 5.92 Å². The molecule has 0 aliphatic heterocycles. The van der Waals surface area contributed by atoms with Crippen molar-refractivity contribution >= 4 is 22.0 Å². The van der Waals surface area contributed by atoms with Crippen LogP contribution in [0.5, 0.6) is 0 Å². The van der Waals surface area contributed by atoms with Gasteiger partial charge in [-0.05, 0) is 42.9 Å². The highest BCUT2D eigenvalue weighted by Crippen LogP contribution is 2.23. The van der Waals surface area contributed by atoms with Gasteiger partial charge in [-0.15, -0.1) is 0 Å². The minimum atomic E-state index is 0.594. The second-order valence-electron chi connectivity index (χ2n) is 5.54. The van der Waals surface area contributed by atoms with Crippen LogP contribution in [0.4, 0.5) is 0 Å². The van der Waals surface area contributed by atoms with E-state index in [1.165, 1.54) is 34.0 Å². The zero-order chi connectivity index (χ0) is 13.1. The van der Waals surface area contributed by atoms with E-state index in [0.29, 0.717) is 5.92 Å². The Labute approximate surface area is 119 Å². The predicted octanol–water partition coefficient (Wildman–Crippen LogP) is 4.55. The van der Waals surface area contributed by atoms with E-state index in [4.69, 9.17) is 0 Å². The Hall–Kier alpha value is -0.600. The number of hydrogen-bond acceptors (Lipinski definition) is 1. The lowest BCUT2D eigenvalue weighted by atomic mass is 10.00. The van der Waals surface area contributed by atoms with Crippen LogP contribution in [-0.4, -0.2) is 12.6 Å². The Kier molecular flexibility index (Phi) is 4.63. The van der Waals surface area contributed by atoms with E-state index < -0.39 is 0 Å². The Morgan fingerprint density at radius 2 is 2.17 bits per heavy atom. The van der Waals surface area contributed by atoms with Gasteiger partial charge >= 0.3 is 0 Å². The first kappa shape index (κ1) is 13.8. The first-order valence-corrected chi connectivity index (χ1v) is 7.55. The molecule has 1 aliphatic carbocycles. The molecule has 18 heavy (non-hydrogen) atoms. The molecule has 0 amide bonds. The first-order valence-electron chi connectivity index (χ1n) is 6.76. The number of benzene rings is 1. The maximum absolute atomic E-state index is 3.60. The van der Waals surface area contributed by atoms with Gasteiger partial charge in [0, 0.05) is 17.1 Å². The van der Waals surface area contributed by atoms with Crippen LogP contribution in [0.25, 0.3) is 6.08 Å². The van der Waals surface area contributed by atoms with Gasteiger partial charge < -0.3 is 5.32 Å². The molecule has 0 bridgehead atoms. The van der Waals surface area contributed by atoms with Gasteiger partial charge in [0.15, 0.2) is 0 Å². The van der Waals surface area contributed by atoms with Gasteiger partial charge in [-0.25, -0.2) is 0 Å². The normalized spacial score (nSPS) is 16.4. The van der Waals surface area contributed by atoms with Crippen LogP contribution in [0.1, 0.15) is 37.8 Å². The molecule has 0 heterocycles. The van der Waals surface area contributed by atoms with E-state index in [-0.39, 0.29) is 0 Å². The van der Waals surface area contributed by atoms with Crippen LogP contribution in [0.3, 0.4) is 0 Å². The molecule has 0 unspecified atom stereocenters. The van der Waals surface area contributed by atoms with Crippen LogP contribution >= 0.6 is 15.9 Å². The Morgan fingerprint density at radius 1 is 1.44 bits per heavy atom. The molecule has 1 saturated carbocycles. The molecule has 1 N–H and O–H groups in total. The minimum Gasteiger partial charge on any atom is -0.310 e. The van der Waals surface area contributed by atoms with E-state index in [0.717, 1.165) is 12.6 Å². The molecule has 98 valence electrons. The molecule has 1 aliphatic rings. The molecule has 0 spiro atoms. The average molecular weight is 308 g/mol. The van der Waals surface area contributed by atoms with Crippen molar-refractivity contribution in [3.8, 4) is 0 Å². The van der Waals surface area contributed by atoms with Crippen molar-refractivity contribution in [3.05, 3.63) is 39.4 Å². The van der Waals surface area contributed by atoms with Gasteiger partial charge in [-0.3, -0.25) is 0 Å². The van der Waals surface area contributed by atoms with E-state index >= 15 is 0 Å². The van der Waals surface area contributed by atoms with Crippen LogP contribution in [0.15, 0.2) is 28.2 Å². The second-order valence-corrected chi connectivity index (χ2v) is 6.39. The molecule has 2 rings (SSSR count). The molecule has 2 heteroatoms. The molecular weight excluding hydrogens is 286 g/mol. The summed E-state index contributed by atoms with van der Waals surface area (Å²) in [4.78, 5) is 0. The zero-order valence-corrected chi connectivity index (χ0v) is 13.0. The highest BCUT2D eigenvalue weighted by molar-refractivity contribution is 9.10. The molecule has 0 atom stereocenters. The first-order chi connectivity index (χ1) is 8.56. The fraction of sp³-hybridized carbons (Fsp3) is 0.500. The third-order valence-electron chi connectivity index (χ3n) is 3.46. The third kappa shape index (κ3) is 3.96.